The molecule has 0 atom stereocenters. The van der Waals surface area contributed by atoms with Gasteiger partial charge < -0.3 is 19.8 Å². The van der Waals surface area contributed by atoms with Crippen LogP contribution in [0.3, 0.4) is 0 Å². The first-order valence-corrected chi connectivity index (χ1v) is 7.31. The molecule has 3 rings (SSSR count). The third-order valence-electron chi connectivity index (χ3n) is 3.50. The maximum absolute atomic E-state index is 12.1. The fourth-order valence-corrected chi connectivity index (χ4v) is 2.47. The van der Waals surface area contributed by atoms with E-state index in [1.807, 2.05) is 43.3 Å². The summed E-state index contributed by atoms with van der Waals surface area (Å²) >= 11 is 0. The monoisotopic (exact) mass is 310 g/mol. The van der Waals surface area contributed by atoms with E-state index in [4.69, 9.17) is 9.47 Å². The number of ether oxygens (including phenoxy) is 2. The van der Waals surface area contributed by atoms with Gasteiger partial charge >= 0.3 is 0 Å². The van der Waals surface area contributed by atoms with Crippen molar-refractivity contribution in [2.45, 2.75) is 6.92 Å². The molecule has 0 aliphatic heterocycles. The Bertz CT molecular complexity index is 839. The normalized spacial score (nSPS) is 10.5. The molecule has 3 aromatic rings. The van der Waals surface area contributed by atoms with E-state index in [2.05, 4.69) is 10.3 Å². The van der Waals surface area contributed by atoms with Crippen LogP contribution < -0.4 is 14.8 Å². The van der Waals surface area contributed by atoms with Crippen molar-refractivity contribution in [3.05, 3.63) is 54.2 Å². The van der Waals surface area contributed by atoms with E-state index in [1.54, 1.807) is 19.2 Å². The van der Waals surface area contributed by atoms with Crippen molar-refractivity contribution >= 4 is 22.5 Å². The molecular weight excluding hydrogens is 292 g/mol. The molecule has 0 aliphatic rings. The molecule has 0 radical (unpaired) electrons. The highest BCUT2D eigenvalue weighted by atomic mass is 16.5. The van der Waals surface area contributed by atoms with Crippen LogP contribution >= 0.6 is 0 Å². The molecule has 5 heteroatoms. The first kappa shape index (κ1) is 15.0. The van der Waals surface area contributed by atoms with Crippen molar-refractivity contribution < 1.29 is 14.3 Å². The number of hydrogen-bond acceptors (Lipinski definition) is 3. The minimum absolute atomic E-state index is 0.0832. The number of aryl methyl sites for hydroxylation is 1. The van der Waals surface area contributed by atoms with Crippen LogP contribution in [-0.4, -0.2) is 24.6 Å². The van der Waals surface area contributed by atoms with Crippen molar-refractivity contribution in [2.75, 3.05) is 19.0 Å². The summed E-state index contributed by atoms with van der Waals surface area (Å²) in [6, 6.07) is 15.0. The van der Waals surface area contributed by atoms with Crippen LogP contribution in [0.25, 0.3) is 10.9 Å². The highest BCUT2D eigenvalue weighted by Crippen LogP contribution is 2.26. The molecule has 0 bridgehead atoms. The van der Waals surface area contributed by atoms with E-state index in [-0.39, 0.29) is 12.5 Å². The summed E-state index contributed by atoms with van der Waals surface area (Å²) in [5, 5.41) is 3.86. The number of benzene rings is 2. The van der Waals surface area contributed by atoms with Crippen LogP contribution in [-0.2, 0) is 4.79 Å². The van der Waals surface area contributed by atoms with Gasteiger partial charge in [0.1, 0.15) is 0 Å². The van der Waals surface area contributed by atoms with E-state index in [1.165, 1.54) is 0 Å². The van der Waals surface area contributed by atoms with E-state index >= 15 is 0 Å². The van der Waals surface area contributed by atoms with Gasteiger partial charge in [-0.25, -0.2) is 0 Å². The Morgan fingerprint density at radius 2 is 1.91 bits per heavy atom. The lowest BCUT2D eigenvalue weighted by Crippen LogP contribution is -2.20. The van der Waals surface area contributed by atoms with Crippen molar-refractivity contribution in [3.63, 3.8) is 0 Å². The van der Waals surface area contributed by atoms with Crippen LogP contribution in [0.1, 0.15) is 5.69 Å². The number of aromatic amines is 1. The number of H-pyrrole nitrogens is 1. The summed E-state index contributed by atoms with van der Waals surface area (Å²) in [6.45, 7) is 1.90. The molecule has 2 aromatic carbocycles. The van der Waals surface area contributed by atoms with Crippen molar-refractivity contribution in [1.29, 1.82) is 0 Å². The molecule has 0 saturated heterocycles. The second-order valence-corrected chi connectivity index (χ2v) is 5.21. The summed E-state index contributed by atoms with van der Waals surface area (Å²) in [5.74, 6) is 0.923. The minimum atomic E-state index is -0.220. The molecule has 0 fully saturated rings. The third kappa shape index (κ3) is 3.29. The fraction of sp³-hybridized carbons (Fsp3) is 0.167. The molecule has 1 heterocycles. The zero-order valence-electron chi connectivity index (χ0n) is 13.1. The van der Waals surface area contributed by atoms with Crippen molar-refractivity contribution in [3.8, 4) is 11.5 Å². The smallest absolute Gasteiger partial charge is 0.262 e. The lowest BCUT2D eigenvalue weighted by molar-refractivity contribution is -0.118. The van der Waals surface area contributed by atoms with E-state index < -0.39 is 0 Å². The Labute approximate surface area is 134 Å². The highest BCUT2D eigenvalue weighted by molar-refractivity contribution is 6.02. The Balaban J connectivity index is 1.69. The highest BCUT2D eigenvalue weighted by Gasteiger charge is 2.09. The number of methoxy groups -OCH3 is 1. The predicted molar refractivity (Wildman–Crippen MR) is 90.2 cm³/mol. The first-order valence-electron chi connectivity index (χ1n) is 7.31. The predicted octanol–water partition coefficient (Wildman–Crippen LogP) is 3.50. The molecule has 5 nitrogen and oxygen atoms in total. The lowest BCUT2D eigenvalue weighted by Gasteiger charge is -2.11. The fourth-order valence-electron chi connectivity index (χ4n) is 2.47. The lowest BCUT2D eigenvalue weighted by atomic mass is 10.2. The summed E-state index contributed by atoms with van der Waals surface area (Å²) in [6.07, 6.45) is 0. The van der Waals surface area contributed by atoms with Crippen LogP contribution in [0.15, 0.2) is 48.5 Å². The van der Waals surface area contributed by atoms with Gasteiger partial charge in [0.25, 0.3) is 5.91 Å². The molecule has 23 heavy (non-hydrogen) atoms. The van der Waals surface area contributed by atoms with Crippen LogP contribution in [0.4, 0.5) is 5.69 Å². The maximum Gasteiger partial charge on any atom is 0.262 e. The van der Waals surface area contributed by atoms with Gasteiger partial charge in [-0.1, -0.05) is 18.2 Å². The number of amides is 1. The molecule has 0 saturated carbocycles. The number of fused-ring (bicyclic) bond motifs is 1. The number of anilines is 1. The van der Waals surface area contributed by atoms with E-state index in [9.17, 15) is 4.79 Å². The van der Waals surface area contributed by atoms with Gasteiger partial charge in [-0.3, -0.25) is 4.79 Å². The molecule has 0 aliphatic carbocycles. The van der Waals surface area contributed by atoms with Crippen molar-refractivity contribution in [1.82, 2.24) is 4.98 Å². The maximum atomic E-state index is 12.1. The Morgan fingerprint density at radius 1 is 1.13 bits per heavy atom. The number of hydrogen-bond donors (Lipinski definition) is 2. The molecule has 0 unspecified atom stereocenters. The molecule has 1 aromatic heterocycles. The largest absolute Gasteiger partial charge is 0.493 e. The quantitative estimate of drug-likeness (QED) is 0.758. The van der Waals surface area contributed by atoms with Gasteiger partial charge in [-0.15, -0.1) is 0 Å². The van der Waals surface area contributed by atoms with Crippen LogP contribution in [0.5, 0.6) is 11.5 Å². The second kappa shape index (κ2) is 6.44. The summed E-state index contributed by atoms with van der Waals surface area (Å²) in [7, 11) is 1.57. The summed E-state index contributed by atoms with van der Waals surface area (Å²) in [5.41, 5.74) is 2.80. The van der Waals surface area contributed by atoms with Crippen LogP contribution in [0.2, 0.25) is 0 Å². The SMILES string of the molecule is COc1ccccc1OCC(=O)Nc1cccc2[nH]c(C)cc12. The van der Waals surface area contributed by atoms with Gasteiger partial charge in [0, 0.05) is 16.6 Å². The van der Waals surface area contributed by atoms with Crippen molar-refractivity contribution in [2.24, 2.45) is 0 Å². The summed E-state index contributed by atoms with van der Waals surface area (Å²) < 4.78 is 10.7. The number of carbonyl (C=O) groups is 1. The van der Waals surface area contributed by atoms with Gasteiger partial charge in [0.15, 0.2) is 18.1 Å². The van der Waals surface area contributed by atoms with Gasteiger partial charge in [0.05, 0.1) is 12.8 Å². The number of aromatic nitrogens is 1. The van der Waals surface area contributed by atoms with Crippen LogP contribution in [0, 0.1) is 6.92 Å². The van der Waals surface area contributed by atoms with E-state index in [0.717, 1.165) is 22.3 Å². The summed E-state index contributed by atoms with van der Waals surface area (Å²) in [4.78, 5) is 15.4. The second-order valence-electron chi connectivity index (χ2n) is 5.21. The Morgan fingerprint density at radius 3 is 2.70 bits per heavy atom. The first-order chi connectivity index (χ1) is 11.2. The van der Waals surface area contributed by atoms with Gasteiger partial charge in [-0.2, -0.15) is 0 Å². The van der Waals surface area contributed by atoms with Gasteiger partial charge in [0.2, 0.25) is 0 Å². The zero-order chi connectivity index (χ0) is 16.2. The average Bonchev–Trinajstić information content (AvgIpc) is 2.94. The third-order valence-corrected chi connectivity index (χ3v) is 3.50. The molecule has 118 valence electrons. The Kier molecular flexibility index (Phi) is 4.19. The molecule has 1 amide bonds. The number of nitrogens with one attached hydrogen (secondary N) is 2. The number of rotatable bonds is 5. The molecular formula is C18H18N2O3. The standard InChI is InChI=1S/C18H18N2O3/c1-12-10-13-14(19-12)6-5-7-15(13)20-18(21)11-23-17-9-4-3-8-16(17)22-2/h3-10,19H,11H2,1-2H3,(H,20,21). The molecule has 2 N–H and O–H groups in total. The number of carbonyl (C=O) groups excluding carboxylic acids is 1. The van der Waals surface area contributed by atoms with E-state index in [0.29, 0.717) is 11.5 Å². The minimum Gasteiger partial charge on any atom is -0.493 e. The number of para-hydroxylation sites is 2. The molecule has 0 spiro atoms. The van der Waals surface area contributed by atoms with Gasteiger partial charge in [-0.05, 0) is 37.3 Å². The average molecular weight is 310 g/mol. The topological polar surface area (TPSA) is 63.4 Å². The Hall–Kier alpha value is -2.95. The zero-order valence-corrected chi connectivity index (χ0v) is 13.1.